The molecule has 0 bridgehead atoms. The number of ether oxygens (including phenoxy) is 1. The molecule has 0 saturated carbocycles. The van der Waals surface area contributed by atoms with E-state index >= 15 is 0 Å². The maximum absolute atomic E-state index is 5.91. The molecule has 3 heteroatoms. The summed E-state index contributed by atoms with van der Waals surface area (Å²) >= 11 is 0. The lowest BCUT2D eigenvalue weighted by molar-refractivity contribution is 0.145. The number of rotatable bonds is 5. The molecule has 2 aliphatic rings. The lowest BCUT2D eigenvalue weighted by atomic mass is 10.1. The Labute approximate surface area is 122 Å². The maximum atomic E-state index is 5.91. The van der Waals surface area contributed by atoms with E-state index in [9.17, 15) is 0 Å². The fourth-order valence-corrected chi connectivity index (χ4v) is 3.19. The van der Waals surface area contributed by atoms with Crippen molar-refractivity contribution in [2.24, 2.45) is 0 Å². The molecule has 1 aromatic rings. The Kier molecular flexibility index (Phi) is 4.58. The number of hydrogen-bond acceptors (Lipinski definition) is 3. The number of hydrogen-bond donors (Lipinski definition) is 0. The third-order valence-electron chi connectivity index (χ3n) is 4.55. The highest BCUT2D eigenvalue weighted by Gasteiger charge is 2.13. The average Bonchev–Trinajstić information content (AvgIpc) is 2.93. The molecule has 0 radical (unpaired) electrons. The summed E-state index contributed by atoms with van der Waals surface area (Å²) in [4.78, 5) is 4.95. The minimum absolute atomic E-state index is 0.838. The quantitative estimate of drug-likeness (QED) is 0.766. The van der Waals surface area contributed by atoms with Gasteiger partial charge in [-0.05, 0) is 56.0 Å². The Morgan fingerprint density at radius 3 is 2.70 bits per heavy atom. The Morgan fingerprint density at radius 1 is 1.05 bits per heavy atom. The number of nitrogens with zero attached hydrogens (tertiary/aromatic N) is 2. The van der Waals surface area contributed by atoms with E-state index in [-0.39, 0.29) is 0 Å². The molecular weight excluding hydrogens is 248 g/mol. The van der Waals surface area contributed by atoms with Crippen LogP contribution in [0.5, 0.6) is 5.75 Å². The highest BCUT2D eigenvalue weighted by Crippen LogP contribution is 2.26. The van der Waals surface area contributed by atoms with Crippen molar-refractivity contribution >= 4 is 0 Å². The van der Waals surface area contributed by atoms with Crippen molar-refractivity contribution in [1.29, 1.82) is 0 Å². The average molecular weight is 274 g/mol. The summed E-state index contributed by atoms with van der Waals surface area (Å²) in [7, 11) is 2.20. The zero-order chi connectivity index (χ0) is 13.8. The first-order valence-electron chi connectivity index (χ1n) is 7.97. The van der Waals surface area contributed by atoms with Crippen LogP contribution >= 0.6 is 0 Å². The molecule has 1 aliphatic heterocycles. The van der Waals surface area contributed by atoms with E-state index in [0.717, 1.165) is 18.8 Å². The first-order valence-corrected chi connectivity index (χ1v) is 7.97. The number of likely N-dealkylation sites (N-methyl/N-ethyl adjacent to an activating group) is 1. The molecule has 1 aliphatic carbocycles. The second-order valence-corrected chi connectivity index (χ2v) is 6.13. The van der Waals surface area contributed by atoms with Crippen LogP contribution in [0, 0.1) is 0 Å². The van der Waals surface area contributed by atoms with Crippen molar-refractivity contribution < 1.29 is 4.74 Å². The van der Waals surface area contributed by atoms with Gasteiger partial charge in [0.15, 0.2) is 0 Å². The molecule has 110 valence electrons. The van der Waals surface area contributed by atoms with E-state index in [1.54, 1.807) is 0 Å². The Hall–Kier alpha value is -1.06. The maximum Gasteiger partial charge on any atom is 0.119 e. The molecule has 1 heterocycles. The van der Waals surface area contributed by atoms with Crippen molar-refractivity contribution in [3.8, 4) is 5.75 Å². The van der Waals surface area contributed by atoms with Gasteiger partial charge in [0, 0.05) is 32.7 Å². The summed E-state index contributed by atoms with van der Waals surface area (Å²) in [5, 5.41) is 0. The van der Waals surface area contributed by atoms with Crippen LogP contribution in [0.3, 0.4) is 0 Å². The summed E-state index contributed by atoms with van der Waals surface area (Å²) in [6.07, 6.45) is 4.91. The van der Waals surface area contributed by atoms with Crippen LogP contribution in [-0.4, -0.2) is 56.2 Å². The first-order chi connectivity index (χ1) is 9.81. The van der Waals surface area contributed by atoms with E-state index in [0.29, 0.717) is 0 Å². The third kappa shape index (κ3) is 3.53. The molecule has 1 aromatic carbocycles. The molecule has 0 unspecified atom stereocenters. The highest BCUT2D eigenvalue weighted by molar-refractivity contribution is 5.38. The largest absolute Gasteiger partial charge is 0.494 e. The molecular formula is C17H26N2O. The molecule has 1 saturated heterocycles. The Bertz CT molecular complexity index is 439. The molecule has 0 amide bonds. The normalized spacial score (nSPS) is 20.1. The molecule has 20 heavy (non-hydrogen) atoms. The second kappa shape index (κ2) is 6.59. The second-order valence-electron chi connectivity index (χ2n) is 6.13. The van der Waals surface area contributed by atoms with Gasteiger partial charge in [-0.2, -0.15) is 0 Å². The summed E-state index contributed by atoms with van der Waals surface area (Å²) in [6, 6.07) is 6.64. The van der Waals surface area contributed by atoms with Gasteiger partial charge in [0.2, 0.25) is 0 Å². The molecule has 0 spiro atoms. The summed E-state index contributed by atoms with van der Waals surface area (Å²) in [5.41, 5.74) is 3.02. The van der Waals surface area contributed by atoms with E-state index in [2.05, 4.69) is 35.0 Å². The molecule has 3 nitrogen and oxygen atoms in total. The minimum atomic E-state index is 0.838. The molecule has 1 fully saturated rings. The lowest BCUT2D eigenvalue weighted by Crippen LogP contribution is -2.44. The van der Waals surface area contributed by atoms with Gasteiger partial charge in [0.25, 0.3) is 0 Å². The van der Waals surface area contributed by atoms with E-state index in [1.807, 2.05) is 0 Å². The molecule has 0 N–H and O–H groups in total. The van der Waals surface area contributed by atoms with Crippen LogP contribution < -0.4 is 4.74 Å². The van der Waals surface area contributed by atoms with Gasteiger partial charge < -0.3 is 14.5 Å². The van der Waals surface area contributed by atoms with E-state index in [1.165, 1.54) is 63.1 Å². The monoisotopic (exact) mass is 274 g/mol. The fourth-order valence-electron chi connectivity index (χ4n) is 3.19. The summed E-state index contributed by atoms with van der Waals surface area (Å²) in [5.74, 6) is 1.06. The van der Waals surface area contributed by atoms with Crippen molar-refractivity contribution in [2.45, 2.75) is 25.7 Å². The van der Waals surface area contributed by atoms with E-state index < -0.39 is 0 Å². The van der Waals surface area contributed by atoms with Crippen molar-refractivity contribution in [3.63, 3.8) is 0 Å². The van der Waals surface area contributed by atoms with Gasteiger partial charge in [0.1, 0.15) is 5.75 Å². The van der Waals surface area contributed by atoms with Crippen molar-refractivity contribution in [3.05, 3.63) is 29.3 Å². The minimum Gasteiger partial charge on any atom is -0.494 e. The van der Waals surface area contributed by atoms with Crippen LogP contribution in [0.15, 0.2) is 18.2 Å². The molecule has 3 rings (SSSR count). The van der Waals surface area contributed by atoms with Gasteiger partial charge in [-0.25, -0.2) is 0 Å². The summed E-state index contributed by atoms with van der Waals surface area (Å²) in [6.45, 7) is 6.81. The van der Waals surface area contributed by atoms with Crippen molar-refractivity contribution in [1.82, 2.24) is 9.80 Å². The van der Waals surface area contributed by atoms with Crippen LogP contribution in [0.1, 0.15) is 24.0 Å². The van der Waals surface area contributed by atoms with Gasteiger partial charge >= 0.3 is 0 Å². The third-order valence-corrected chi connectivity index (χ3v) is 4.55. The van der Waals surface area contributed by atoms with Gasteiger partial charge in [-0.15, -0.1) is 0 Å². The smallest absolute Gasteiger partial charge is 0.119 e. The van der Waals surface area contributed by atoms with Crippen LogP contribution in [-0.2, 0) is 12.8 Å². The van der Waals surface area contributed by atoms with Crippen LogP contribution in [0.25, 0.3) is 0 Å². The lowest BCUT2D eigenvalue weighted by Gasteiger charge is -2.32. The SMILES string of the molecule is CN1CCN(CCCOc2ccc3c(c2)CCC3)CC1. The number of aryl methyl sites for hydroxylation is 2. The predicted octanol–water partition coefficient (Wildman–Crippen LogP) is 2.19. The molecule has 0 aromatic heterocycles. The highest BCUT2D eigenvalue weighted by atomic mass is 16.5. The van der Waals surface area contributed by atoms with Gasteiger partial charge in [0.05, 0.1) is 6.61 Å². The molecule has 0 atom stereocenters. The Morgan fingerprint density at radius 2 is 1.85 bits per heavy atom. The number of fused-ring (bicyclic) bond motifs is 1. The zero-order valence-electron chi connectivity index (χ0n) is 12.6. The standard InChI is InChI=1S/C17H26N2O/c1-18-9-11-19(12-10-18)8-3-13-20-17-7-6-15-4-2-5-16(15)14-17/h6-7,14H,2-5,8-13H2,1H3. The first kappa shape index (κ1) is 13.9. The summed E-state index contributed by atoms with van der Waals surface area (Å²) < 4.78 is 5.91. The van der Waals surface area contributed by atoms with Crippen LogP contribution in [0.4, 0.5) is 0 Å². The van der Waals surface area contributed by atoms with Gasteiger partial charge in [-0.3, -0.25) is 0 Å². The topological polar surface area (TPSA) is 15.7 Å². The zero-order valence-corrected chi connectivity index (χ0v) is 12.6. The predicted molar refractivity (Wildman–Crippen MR) is 82.5 cm³/mol. The number of piperazine rings is 1. The fraction of sp³-hybridized carbons (Fsp3) is 0.647. The number of benzene rings is 1. The Balaban J connectivity index is 1.37. The van der Waals surface area contributed by atoms with Crippen LogP contribution in [0.2, 0.25) is 0 Å². The van der Waals surface area contributed by atoms with Crippen molar-refractivity contribution in [2.75, 3.05) is 46.4 Å². The van der Waals surface area contributed by atoms with Gasteiger partial charge in [-0.1, -0.05) is 6.07 Å². The van der Waals surface area contributed by atoms with E-state index in [4.69, 9.17) is 4.74 Å².